The van der Waals surface area contributed by atoms with E-state index >= 15 is 0 Å². The number of carbonyl (C=O) groups excluding carboxylic acids is 2. The molecule has 0 aromatic carbocycles. The molecule has 2 N–H and O–H groups in total. The molecule has 1 aromatic rings. The topological polar surface area (TPSA) is 66.6 Å². The zero-order valence-electron chi connectivity index (χ0n) is 12.3. The molecule has 0 radical (unpaired) electrons. The number of thiophene rings is 1. The van der Waals surface area contributed by atoms with Gasteiger partial charge in [-0.25, -0.2) is 0 Å². The molecule has 7 heteroatoms. The van der Waals surface area contributed by atoms with Crippen molar-refractivity contribution >= 4 is 34.8 Å². The number of nitrogens with zero attached hydrogens (tertiary/aromatic N) is 2. The van der Waals surface area contributed by atoms with Gasteiger partial charge in [0.2, 0.25) is 5.91 Å². The van der Waals surface area contributed by atoms with Crippen LogP contribution in [0.1, 0.15) is 35.4 Å². The summed E-state index contributed by atoms with van der Waals surface area (Å²) in [6.45, 7) is 2.38. The first-order valence-electron chi connectivity index (χ1n) is 7.66. The van der Waals surface area contributed by atoms with Gasteiger partial charge in [0.25, 0.3) is 5.91 Å². The number of likely N-dealkylation sites (tertiary alicyclic amines) is 2. The van der Waals surface area contributed by atoms with Crippen molar-refractivity contribution in [2.75, 3.05) is 19.6 Å². The molecule has 2 fully saturated rings. The number of hydrogen-bond acceptors (Lipinski definition) is 4. The van der Waals surface area contributed by atoms with Gasteiger partial charge in [-0.1, -0.05) is 11.6 Å². The molecule has 5 nitrogen and oxygen atoms in total. The van der Waals surface area contributed by atoms with Crippen molar-refractivity contribution < 1.29 is 9.59 Å². The molecule has 2 aliphatic rings. The third-order valence-electron chi connectivity index (χ3n) is 4.63. The zero-order chi connectivity index (χ0) is 15.7. The number of hydrogen-bond donors (Lipinski definition) is 1. The van der Waals surface area contributed by atoms with Crippen molar-refractivity contribution in [3.63, 3.8) is 0 Å². The highest BCUT2D eigenvalue weighted by atomic mass is 35.5. The van der Waals surface area contributed by atoms with Crippen LogP contribution in [-0.2, 0) is 4.79 Å². The van der Waals surface area contributed by atoms with Gasteiger partial charge >= 0.3 is 0 Å². The van der Waals surface area contributed by atoms with E-state index in [1.54, 1.807) is 12.1 Å². The fraction of sp³-hybridized carbons (Fsp3) is 0.600. The number of carbonyl (C=O) groups is 2. The normalized spacial score (nSPS) is 23.9. The van der Waals surface area contributed by atoms with E-state index in [4.69, 9.17) is 17.3 Å². The van der Waals surface area contributed by atoms with Crippen LogP contribution in [0.4, 0.5) is 0 Å². The van der Waals surface area contributed by atoms with Gasteiger partial charge in [0.1, 0.15) is 0 Å². The number of amides is 2. The van der Waals surface area contributed by atoms with Crippen molar-refractivity contribution in [2.24, 2.45) is 5.73 Å². The van der Waals surface area contributed by atoms with Crippen LogP contribution in [0.25, 0.3) is 0 Å². The van der Waals surface area contributed by atoms with E-state index in [9.17, 15) is 9.59 Å². The molecule has 22 heavy (non-hydrogen) atoms. The van der Waals surface area contributed by atoms with Gasteiger partial charge < -0.3 is 10.6 Å². The number of primary amides is 1. The molecule has 1 atom stereocenters. The monoisotopic (exact) mass is 341 g/mol. The molecule has 0 saturated carbocycles. The number of halogens is 1. The van der Waals surface area contributed by atoms with E-state index in [-0.39, 0.29) is 17.9 Å². The molecular weight excluding hydrogens is 322 g/mol. The van der Waals surface area contributed by atoms with Gasteiger partial charge in [0.05, 0.1) is 15.3 Å². The Morgan fingerprint density at radius 3 is 2.50 bits per heavy atom. The van der Waals surface area contributed by atoms with Crippen LogP contribution in [0.5, 0.6) is 0 Å². The fourth-order valence-electron chi connectivity index (χ4n) is 3.52. The lowest BCUT2D eigenvalue weighted by Gasteiger charge is -2.38. The summed E-state index contributed by atoms with van der Waals surface area (Å²) in [6.07, 6.45) is 3.69. The number of piperidine rings is 1. The molecule has 2 saturated heterocycles. The Hall–Kier alpha value is -1.11. The first-order valence-corrected chi connectivity index (χ1v) is 8.85. The minimum Gasteiger partial charge on any atom is -0.368 e. The second-order valence-corrected chi connectivity index (χ2v) is 7.64. The van der Waals surface area contributed by atoms with Gasteiger partial charge in [0.15, 0.2) is 0 Å². The Morgan fingerprint density at radius 2 is 1.91 bits per heavy atom. The lowest BCUT2D eigenvalue weighted by Crippen LogP contribution is -2.51. The van der Waals surface area contributed by atoms with E-state index in [0.717, 1.165) is 45.3 Å². The second kappa shape index (κ2) is 6.56. The Balaban J connectivity index is 1.58. The maximum Gasteiger partial charge on any atom is 0.263 e. The largest absolute Gasteiger partial charge is 0.368 e. The molecule has 2 amide bonds. The van der Waals surface area contributed by atoms with Crippen LogP contribution in [0.2, 0.25) is 4.34 Å². The van der Waals surface area contributed by atoms with Crippen LogP contribution in [0.3, 0.4) is 0 Å². The minimum atomic E-state index is -0.218. The predicted octanol–water partition coefficient (Wildman–Crippen LogP) is 1.96. The van der Waals surface area contributed by atoms with Gasteiger partial charge in [-0.2, -0.15) is 0 Å². The van der Waals surface area contributed by atoms with Crippen LogP contribution in [0.15, 0.2) is 12.1 Å². The van der Waals surface area contributed by atoms with Crippen LogP contribution < -0.4 is 5.73 Å². The molecule has 0 unspecified atom stereocenters. The van der Waals surface area contributed by atoms with Crippen LogP contribution in [0, 0.1) is 0 Å². The van der Waals surface area contributed by atoms with E-state index < -0.39 is 0 Å². The van der Waals surface area contributed by atoms with Gasteiger partial charge in [-0.05, 0) is 44.4 Å². The van der Waals surface area contributed by atoms with Crippen molar-refractivity contribution in [3.8, 4) is 0 Å². The molecular formula is C15H20ClN3O2S. The van der Waals surface area contributed by atoms with Gasteiger partial charge in [-0.3, -0.25) is 14.5 Å². The standard InChI is InChI=1S/C15H20ClN3O2S/c16-13-4-3-12(22-13)15(21)18-8-5-10(6-9-18)19-7-1-2-11(19)14(17)20/h3-4,10-11H,1-2,5-9H2,(H2,17,20)/t11-/m1/s1. The zero-order valence-corrected chi connectivity index (χ0v) is 13.9. The van der Waals surface area contributed by atoms with Crippen LogP contribution in [-0.4, -0.2) is 53.3 Å². The minimum absolute atomic E-state index is 0.0585. The lowest BCUT2D eigenvalue weighted by molar-refractivity contribution is -0.123. The van der Waals surface area contributed by atoms with Crippen molar-refractivity contribution in [1.82, 2.24) is 9.80 Å². The molecule has 0 spiro atoms. The molecule has 120 valence electrons. The summed E-state index contributed by atoms with van der Waals surface area (Å²) in [5.41, 5.74) is 5.49. The Labute approximate surface area is 139 Å². The smallest absolute Gasteiger partial charge is 0.263 e. The maximum absolute atomic E-state index is 12.4. The fourth-order valence-corrected chi connectivity index (χ4v) is 4.53. The molecule has 2 aliphatic heterocycles. The van der Waals surface area contributed by atoms with E-state index in [0.29, 0.717) is 15.3 Å². The first kappa shape index (κ1) is 15.8. The van der Waals surface area contributed by atoms with Crippen LogP contribution >= 0.6 is 22.9 Å². The van der Waals surface area contributed by atoms with Crippen molar-refractivity contribution in [3.05, 3.63) is 21.3 Å². The summed E-state index contributed by atoms with van der Waals surface area (Å²) < 4.78 is 0.639. The summed E-state index contributed by atoms with van der Waals surface area (Å²) in [4.78, 5) is 28.7. The quantitative estimate of drug-likeness (QED) is 0.913. The lowest BCUT2D eigenvalue weighted by atomic mass is 10.0. The molecule has 3 heterocycles. The Morgan fingerprint density at radius 1 is 1.18 bits per heavy atom. The van der Waals surface area contributed by atoms with E-state index in [2.05, 4.69) is 4.90 Å². The second-order valence-electron chi connectivity index (χ2n) is 5.93. The highest BCUT2D eigenvalue weighted by Gasteiger charge is 2.36. The summed E-state index contributed by atoms with van der Waals surface area (Å²) in [6, 6.07) is 3.78. The summed E-state index contributed by atoms with van der Waals surface area (Å²) >= 11 is 7.22. The average molecular weight is 342 g/mol. The third kappa shape index (κ3) is 3.14. The molecule has 0 bridgehead atoms. The first-order chi connectivity index (χ1) is 10.6. The maximum atomic E-state index is 12.4. The summed E-state index contributed by atoms with van der Waals surface area (Å²) in [7, 11) is 0. The average Bonchev–Trinajstić information content (AvgIpc) is 3.15. The Bertz CT molecular complexity index is 569. The SMILES string of the molecule is NC(=O)[C@H]1CCCN1C1CCN(C(=O)c2ccc(Cl)s2)CC1. The van der Waals surface area contributed by atoms with Gasteiger partial charge in [0, 0.05) is 19.1 Å². The Kier molecular flexibility index (Phi) is 4.70. The van der Waals surface area contributed by atoms with E-state index in [1.807, 2.05) is 4.90 Å². The van der Waals surface area contributed by atoms with Crippen molar-refractivity contribution in [1.29, 1.82) is 0 Å². The van der Waals surface area contributed by atoms with Gasteiger partial charge in [-0.15, -0.1) is 11.3 Å². The third-order valence-corrected chi connectivity index (χ3v) is 5.85. The molecule has 1 aromatic heterocycles. The van der Waals surface area contributed by atoms with E-state index in [1.165, 1.54) is 11.3 Å². The number of rotatable bonds is 3. The molecule has 0 aliphatic carbocycles. The molecule has 3 rings (SSSR count). The summed E-state index contributed by atoms with van der Waals surface area (Å²) in [5.74, 6) is -0.160. The predicted molar refractivity (Wildman–Crippen MR) is 87.2 cm³/mol. The van der Waals surface area contributed by atoms with Crippen molar-refractivity contribution in [2.45, 2.75) is 37.8 Å². The summed E-state index contributed by atoms with van der Waals surface area (Å²) in [5, 5.41) is 0. The highest BCUT2D eigenvalue weighted by molar-refractivity contribution is 7.17. The highest BCUT2D eigenvalue weighted by Crippen LogP contribution is 2.28. The number of nitrogens with two attached hydrogens (primary N) is 1.